The molecule has 0 radical (unpaired) electrons. The van der Waals surface area contributed by atoms with Crippen LogP contribution in [-0.4, -0.2) is 27.1 Å². The lowest BCUT2D eigenvalue weighted by atomic mass is 10.0. The lowest BCUT2D eigenvalue weighted by molar-refractivity contribution is -0.125. The Bertz CT molecular complexity index is 1150. The Morgan fingerprint density at radius 1 is 1.17 bits per heavy atom. The fourth-order valence-corrected chi connectivity index (χ4v) is 3.25. The molecule has 8 heteroatoms. The van der Waals surface area contributed by atoms with Crippen LogP contribution >= 0.6 is 0 Å². The molecule has 1 aliphatic heterocycles. The van der Waals surface area contributed by atoms with Gasteiger partial charge in [0.15, 0.2) is 0 Å². The molecule has 1 aliphatic rings. The number of halogens is 1. The molecule has 0 fully saturated rings. The second-order valence-corrected chi connectivity index (χ2v) is 6.77. The largest absolute Gasteiger partial charge is 0.382 e. The van der Waals surface area contributed by atoms with Crippen LogP contribution in [-0.2, 0) is 16.7 Å². The van der Waals surface area contributed by atoms with E-state index in [1.54, 1.807) is 30.8 Å². The van der Waals surface area contributed by atoms with Gasteiger partial charge in [0, 0.05) is 13.5 Å². The van der Waals surface area contributed by atoms with E-state index in [-0.39, 0.29) is 23.5 Å². The van der Waals surface area contributed by atoms with Crippen molar-refractivity contribution in [2.24, 2.45) is 12.2 Å². The normalized spacial score (nSPS) is 15.7. The van der Waals surface area contributed by atoms with Gasteiger partial charge in [0.1, 0.15) is 11.5 Å². The molecular formula is C21H19FN4O3. The number of benzene rings is 2. The molecule has 0 unspecified atom stereocenters. The molecule has 0 saturated carbocycles. The molecule has 1 atom stereocenters. The topological polar surface area (TPSA) is 77.6 Å². The standard InChI is InChI=1S/C21H19FN4O3/c1-13-19(21(28)26(25(13)2)16-6-4-3-5-7-16)23-20(27)18-12-17(24-29-18)14-8-10-15(22)11-9-14/h3-11,18H,12H2,1-2H3,(H,23,27)/t18-/m1/s1. The first kappa shape index (κ1) is 18.7. The number of nitrogens with one attached hydrogen (secondary N) is 1. The molecule has 148 valence electrons. The van der Waals surface area contributed by atoms with Crippen molar-refractivity contribution in [3.63, 3.8) is 0 Å². The molecule has 3 aromatic rings. The van der Waals surface area contributed by atoms with Gasteiger partial charge < -0.3 is 10.2 Å². The maximum absolute atomic E-state index is 13.1. The van der Waals surface area contributed by atoms with Gasteiger partial charge in [-0.15, -0.1) is 0 Å². The predicted octanol–water partition coefficient (Wildman–Crippen LogP) is 2.76. The van der Waals surface area contributed by atoms with E-state index >= 15 is 0 Å². The van der Waals surface area contributed by atoms with E-state index in [0.717, 1.165) is 0 Å². The molecule has 1 N–H and O–H groups in total. The number of oxime groups is 1. The number of carbonyl (C=O) groups excluding carboxylic acids is 1. The van der Waals surface area contributed by atoms with Gasteiger partial charge in [-0.3, -0.25) is 14.3 Å². The van der Waals surface area contributed by atoms with Gasteiger partial charge in [0.25, 0.3) is 11.5 Å². The minimum Gasteiger partial charge on any atom is -0.382 e. The highest BCUT2D eigenvalue weighted by Crippen LogP contribution is 2.20. The average Bonchev–Trinajstić information content (AvgIpc) is 3.29. The number of para-hydroxylation sites is 1. The Hall–Kier alpha value is -3.68. The summed E-state index contributed by atoms with van der Waals surface area (Å²) in [4.78, 5) is 30.8. The summed E-state index contributed by atoms with van der Waals surface area (Å²) in [6, 6.07) is 15.0. The Balaban J connectivity index is 1.53. The van der Waals surface area contributed by atoms with Crippen molar-refractivity contribution in [1.29, 1.82) is 0 Å². The van der Waals surface area contributed by atoms with Crippen molar-refractivity contribution in [2.45, 2.75) is 19.4 Å². The molecule has 0 aliphatic carbocycles. The molecule has 4 rings (SSSR count). The fourth-order valence-electron chi connectivity index (χ4n) is 3.25. The molecule has 0 saturated heterocycles. The van der Waals surface area contributed by atoms with Gasteiger partial charge in [-0.1, -0.05) is 35.5 Å². The molecule has 7 nitrogen and oxygen atoms in total. The second kappa shape index (κ2) is 7.38. The van der Waals surface area contributed by atoms with Crippen molar-refractivity contribution < 1.29 is 14.0 Å². The zero-order valence-electron chi connectivity index (χ0n) is 15.9. The summed E-state index contributed by atoms with van der Waals surface area (Å²) in [5, 5.41) is 6.62. The third-order valence-corrected chi connectivity index (χ3v) is 4.94. The number of amides is 1. The van der Waals surface area contributed by atoms with Crippen molar-refractivity contribution in [3.8, 4) is 5.69 Å². The summed E-state index contributed by atoms with van der Waals surface area (Å²) in [5.74, 6) is -0.811. The molecule has 0 spiro atoms. The number of hydrogen-bond acceptors (Lipinski definition) is 4. The average molecular weight is 394 g/mol. The van der Waals surface area contributed by atoms with Crippen molar-refractivity contribution in [1.82, 2.24) is 9.36 Å². The first-order valence-electron chi connectivity index (χ1n) is 9.09. The maximum atomic E-state index is 13.1. The minimum absolute atomic E-state index is 0.195. The highest BCUT2D eigenvalue weighted by atomic mass is 19.1. The van der Waals surface area contributed by atoms with E-state index in [1.807, 2.05) is 30.3 Å². The van der Waals surface area contributed by atoms with E-state index in [2.05, 4.69) is 10.5 Å². The summed E-state index contributed by atoms with van der Waals surface area (Å²) in [6.07, 6.45) is -0.629. The second-order valence-electron chi connectivity index (χ2n) is 6.77. The number of aromatic nitrogens is 2. The molecule has 0 bridgehead atoms. The summed E-state index contributed by atoms with van der Waals surface area (Å²) in [6.45, 7) is 1.76. The zero-order valence-corrected chi connectivity index (χ0v) is 15.9. The first-order valence-corrected chi connectivity index (χ1v) is 9.09. The number of nitrogens with zero attached hydrogens (tertiary/aromatic N) is 3. The van der Waals surface area contributed by atoms with Crippen molar-refractivity contribution in [3.05, 3.63) is 82.0 Å². The highest BCUT2D eigenvalue weighted by molar-refractivity contribution is 6.06. The molecule has 2 heterocycles. The van der Waals surface area contributed by atoms with Crippen LogP contribution in [0.2, 0.25) is 0 Å². The molecule has 1 amide bonds. The zero-order chi connectivity index (χ0) is 20.5. The number of hydrogen-bond donors (Lipinski definition) is 1. The lowest BCUT2D eigenvalue weighted by Crippen LogP contribution is -2.30. The van der Waals surface area contributed by atoms with Gasteiger partial charge >= 0.3 is 0 Å². The SMILES string of the molecule is Cc1c(NC(=O)[C@H]2CC(c3ccc(F)cc3)=NO2)c(=O)n(-c2ccccc2)n1C. The predicted molar refractivity (Wildman–Crippen MR) is 107 cm³/mol. The van der Waals surface area contributed by atoms with E-state index in [9.17, 15) is 14.0 Å². The van der Waals surface area contributed by atoms with Crippen LogP contribution in [0.5, 0.6) is 0 Å². The summed E-state index contributed by atoms with van der Waals surface area (Å²) < 4.78 is 16.3. The smallest absolute Gasteiger partial charge is 0.295 e. The van der Waals surface area contributed by atoms with Crippen LogP contribution in [0.15, 0.2) is 64.5 Å². The Morgan fingerprint density at radius 3 is 2.55 bits per heavy atom. The summed E-state index contributed by atoms with van der Waals surface area (Å²) in [5.41, 5.74) is 2.41. The van der Waals surface area contributed by atoms with E-state index < -0.39 is 12.0 Å². The molecular weight excluding hydrogens is 375 g/mol. The fraction of sp³-hybridized carbons (Fsp3) is 0.190. The van der Waals surface area contributed by atoms with Crippen LogP contribution in [0.3, 0.4) is 0 Å². The van der Waals surface area contributed by atoms with Crippen LogP contribution < -0.4 is 10.9 Å². The third kappa shape index (κ3) is 3.44. The Labute approximate surface area is 166 Å². The minimum atomic E-state index is -0.862. The van der Waals surface area contributed by atoms with Crippen molar-refractivity contribution in [2.75, 3.05) is 5.32 Å². The lowest BCUT2D eigenvalue weighted by Gasteiger charge is -2.08. The van der Waals surface area contributed by atoms with Gasteiger partial charge in [-0.2, -0.15) is 0 Å². The Kier molecular flexibility index (Phi) is 4.75. The van der Waals surface area contributed by atoms with Gasteiger partial charge in [-0.05, 0) is 36.8 Å². The number of anilines is 1. The quantitative estimate of drug-likeness (QED) is 0.739. The molecule has 29 heavy (non-hydrogen) atoms. The molecule has 1 aromatic heterocycles. The maximum Gasteiger partial charge on any atom is 0.295 e. The van der Waals surface area contributed by atoms with E-state index in [1.165, 1.54) is 16.8 Å². The van der Waals surface area contributed by atoms with Crippen LogP contribution in [0.4, 0.5) is 10.1 Å². The highest BCUT2D eigenvalue weighted by Gasteiger charge is 2.30. The summed E-state index contributed by atoms with van der Waals surface area (Å²) in [7, 11) is 1.75. The van der Waals surface area contributed by atoms with Crippen molar-refractivity contribution >= 4 is 17.3 Å². The van der Waals surface area contributed by atoms with Gasteiger partial charge in [0.05, 0.1) is 17.1 Å². The third-order valence-electron chi connectivity index (χ3n) is 4.94. The number of rotatable bonds is 4. The monoisotopic (exact) mass is 394 g/mol. The molecule has 2 aromatic carbocycles. The van der Waals surface area contributed by atoms with Gasteiger partial charge in [0.2, 0.25) is 6.10 Å². The van der Waals surface area contributed by atoms with Crippen LogP contribution in [0.1, 0.15) is 17.7 Å². The van der Waals surface area contributed by atoms with Crippen LogP contribution in [0.25, 0.3) is 5.69 Å². The first-order chi connectivity index (χ1) is 14.0. The van der Waals surface area contributed by atoms with E-state index in [4.69, 9.17) is 4.84 Å². The summed E-state index contributed by atoms with van der Waals surface area (Å²) >= 11 is 0. The number of carbonyl (C=O) groups is 1. The van der Waals surface area contributed by atoms with E-state index in [0.29, 0.717) is 22.7 Å². The Morgan fingerprint density at radius 2 is 1.86 bits per heavy atom. The van der Waals surface area contributed by atoms with Gasteiger partial charge in [-0.25, -0.2) is 9.07 Å². The van der Waals surface area contributed by atoms with Crippen LogP contribution in [0, 0.1) is 12.7 Å².